The first-order chi connectivity index (χ1) is 23.7. The Morgan fingerprint density at radius 2 is 1.36 bits per heavy atom. The fourth-order valence-corrected chi connectivity index (χ4v) is 7.04. The second kappa shape index (κ2) is 14.4. The Morgan fingerprint density at radius 1 is 0.680 bits per heavy atom. The van der Waals surface area contributed by atoms with Gasteiger partial charge in [0.25, 0.3) is 0 Å². The standard InChI is InChI=1S/C24H22N.C21H18N2O.Ir/c1-15(2)19-6-5-7-20-21(19)8-9-23-22(20)10-11-25-24(23)18-13-16(3)12-17(4)14-18;1-14-8-7-9-15(2)20(14)23-18-12-5-4-11-17(18)22-21(23)16-10-3-6-13-19(16)24;/h5-13,15H,1-4H3;3-13,24H,1-2H3;/q-1;;. The number of pyridine rings is 1. The number of phenols is 1. The number of para-hydroxylation sites is 4. The van der Waals surface area contributed by atoms with Crippen LogP contribution in [-0.4, -0.2) is 19.6 Å². The minimum atomic E-state index is 0. The monoisotopic (exact) mass is 831 g/mol. The number of hydrogen-bond acceptors (Lipinski definition) is 3. The molecule has 0 aliphatic rings. The number of aromatic nitrogens is 3. The molecule has 0 bridgehead atoms. The van der Waals surface area contributed by atoms with E-state index in [1.807, 2.05) is 42.6 Å². The van der Waals surface area contributed by atoms with Crippen LogP contribution in [0.5, 0.6) is 5.75 Å². The largest absolute Gasteiger partial charge is 0.507 e. The molecule has 0 fully saturated rings. The molecule has 0 saturated heterocycles. The van der Waals surface area contributed by atoms with Gasteiger partial charge in [0.15, 0.2) is 0 Å². The first kappa shape index (κ1) is 34.8. The van der Waals surface area contributed by atoms with Crippen LogP contribution in [0.15, 0.2) is 121 Å². The molecule has 0 aliphatic heterocycles. The summed E-state index contributed by atoms with van der Waals surface area (Å²) in [4.78, 5) is 9.50. The second-order valence-electron chi connectivity index (χ2n) is 13.2. The van der Waals surface area contributed by atoms with Gasteiger partial charge in [-0.3, -0.25) is 4.57 Å². The molecule has 0 unspecified atom stereocenters. The molecular formula is C45H40IrN3O-. The summed E-state index contributed by atoms with van der Waals surface area (Å²) in [5.41, 5.74) is 12.0. The summed E-state index contributed by atoms with van der Waals surface area (Å²) in [6, 6.07) is 42.7. The van der Waals surface area contributed by atoms with Crippen LogP contribution in [0.4, 0.5) is 0 Å². The van der Waals surface area contributed by atoms with Crippen LogP contribution in [0.25, 0.3) is 60.9 Å². The number of aromatic hydroxyl groups is 1. The minimum absolute atomic E-state index is 0. The molecule has 2 aromatic heterocycles. The van der Waals surface area contributed by atoms with Gasteiger partial charge in [0.1, 0.15) is 11.6 Å². The number of imidazole rings is 1. The molecule has 8 rings (SSSR count). The number of hydrogen-bond donors (Lipinski definition) is 1. The number of phenolic OH excluding ortho intramolecular Hbond substituents is 1. The van der Waals surface area contributed by atoms with Gasteiger partial charge in [-0.1, -0.05) is 100 Å². The normalized spacial score (nSPS) is 11.1. The van der Waals surface area contributed by atoms with E-state index < -0.39 is 0 Å². The molecule has 5 heteroatoms. The van der Waals surface area contributed by atoms with Crippen molar-refractivity contribution in [3.8, 4) is 34.1 Å². The van der Waals surface area contributed by atoms with Crippen molar-refractivity contribution in [3.05, 3.63) is 155 Å². The molecule has 2 heterocycles. The first-order valence-electron chi connectivity index (χ1n) is 16.8. The summed E-state index contributed by atoms with van der Waals surface area (Å²) >= 11 is 0. The van der Waals surface area contributed by atoms with E-state index in [9.17, 15) is 5.11 Å². The van der Waals surface area contributed by atoms with Crippen LogP contribution in [-0.2, 0) is 20.1 Å². The Morgan fingerprint density at radius 3 is 2.10 bits per heavy atom. The van der Waals surface area contributed by atoms with Crippen molar-refractivity contribution in [1.29, 1.82) is 0 Å². The van der Waals surface area contributed by atoms with Gasteiger partial charge in [-0.25, -0.2) is 4.98 Å². The van der Waals surface area contributed by atoms with Crippen molar-refractivity contribution in [1.82, 2.24) is 14.5 Å². The zero-order valence-electron chi connectivity index (χ0n) is 29.2. The fraction of sp³-hybridized carbons (Fsp3) is 0.156. The molecule has 0 saturated carbocycles. The van der Waals surface area contributed by atoms with Gasteiger partial charge in [-0.05, 0) is 94.0 Å². The Bertz CT molecular complexity index is 2450. The Balaban J connectivity index is 0.000000170. The van der Waals surface area contributed by atoms with Gasteiger partial charge < -0.3 is 10.1 Å². The topological polar surface area (TPSA) is 50.9 Å². The van der Waals surface area contributed by atoms with Crippen molar-refractivity contribution in [3.63, 3.8) is 0 Å². The third-order valence-corrected chi connectivity index (χ3v) is 9.23. The molecular weight excluding hydrogens is 791 g/mol. The van der Waals surface area contributed by atoms with Crippen LogP contribution in [0.2, 0.25) is 0 Å². The summed E-state index contributed by atoms with van der Waals surface area (Å²) in [5, 5.41) is 15.4. The number of nitrogens with zero attached hydrogens (tertiary/aromatic N) is 3. The molecule has 0 atom stereocenters. The average molecular weight is 831 g/mol. The van der Waals surface area contributed by atoms with E-state index >= 15 is 0 Å². The van der Waals surface area contributed by atoms with Crippen molar-refractivity contribution < 1.29 is 25.2 Å². The molecule has 4 nitrogen and oxygen atoms in total. The third-order valence-electron chi connectivity index (χ3n) is 9.23. The third kappa shape index (κ3) is 6.47. The number of benzene rings is 6. The maximum atomic E-state index is 10.3. The fourth-order valence-electron chi connectivity index (χ4n) is 7.04. The summed E-state index contributed by atoms with van der Waals surface area (Å²) in [6.07, 6.45) is 1.92. The van der Waals surface area contributed by atoms with E-state index in [0.717, 1.165) is 44.9 Å². The summed E-state index contributed by atoms with van der Waals surface area (Å²) in [7, 11) is 0. The number of fused-ring (bicyclic) bond motifs is 4. The predicted molar refractivity (Wildman–Crippen MR) is 205 cm³/mol. The smallest absolute Gasteiger partial charge is 0.149 e. The Kier molecular flexibility index (Phi) is 10.0. The second-order valence-corrected chi connectivity index (χ2v) is 13.2. The molecule has 50 heavy (non-hydrogen) atoms. The SMILES string of the molecule is Cc1[c-]c(-c2nccc3c2ccc2c(C(C)C)cccc23)cc(C)c1.Cc1cccc(C)c1-n1c(-c2ccccc2O)nc2ccccc21.[Ir]. The molecule has 251 valence electrons. The van der Waals surface area contributed by atoms with Crippen molar-refractivity contribution >= 4 is 32.6 Å². The van der Waals surface area contributed by atoms with Crippen molar-refractivity contribution in [2.24, 2.45) is 0 Å². The van der Waals surface area contributed by atoms with E-state index in [0.29, 0.717) is 5.92 Å². The Labute approximate surface area is 307 Å². The van der Waals surface area contributed by atoms with Crippen LogP contribution in [0, 0.1) is 33.8 Å². The van der Waals surface area contributed by atoms with Crippen LogP contribution in [0.1, 0.15) is 47.6 Å². The van der Waals surface area contributed by atoms with Gasteiger partial charge in [0.2, 0.25) is 0 Å². The summed E-state index contributed by atoms with van der Waals surface area (Å²) < 4.78 is 2.15. The quantitative estimate of drug-likeness (QED) is 0.142. The summed E-state index contributed by atoms with van der Waals surface area (Å²) in [5.74, 6) is 1.50. The van der Waals surface area contributed by atoms with E-state index in [2.05, 4.69) is 125 Å². The number of rotatable bonds is 4. The molecule has 0 amide bonds. The minimum Gasteiger partial charge on any atom is -0.507 e. The zero-order valence-corrected chi connectivity index (χ0v) is 31.6. The molecule has 1 N–H and O–H groups in total. The summed E-state index contributed by atoms with van der Waals surface area (Å²) in [6.45, 7) is 12.9. The zero-order chi connectivity index (χ0) is 34.2. The van der Waals surface area contributed by atoms with Crippen LogP contribution < -0.4 is 0 Å². The van der Waals surface area contributed by atoms with E-state index in [4.69, 9.17) is 9.97 Å². The van der Waals surface area contributed by atoms with Gasteiger partial charge in [-0.15, -0.1) is 34.9 Å². The molecule has 0 aliphatic carbocycles. The molecule has 0 spiro atoms. The van der Waals surface area contributed by atoms with Gasteiger partial charge in [0, 0.05) is 26.3 Å². The van der Waals surface area contributed by atoms with Gasteiger partial charge in [0.05, 0.1) is 22.3 Å². The van der Waals surface area contributed by atoms with Crippen LogP contribution in [0.3, 0.4) is 0 Å². The van der Waals surface area contributed by atoms with E-state index in [-0.39, 0.29) is 25.9 Å². The van der Waals surface area contributed by atoms with Crippen molar-refractivity contribution in [2.75, 3.05) is 0 Å². The molecule has 8 aromatic rings. The molecule has 6 aromatic carbocycles. The first-order valence-corrected chi connectivity index (χ1v) is 16.8. The van der Waals surface area contributed by atoms with Gasteiger partial charge in [-0.2, -0.15) is 0 Å². The van der Waals surface area contributed by atoms with E-state index in [1.165, 1.54) is 43.8 Å². The maximum absolute atomic E-state index is 10.3. The molecule has 1 radical (unpaired) electrons. The number of aryl methyl sites for hydroxylation is 4. The Hall–Kier alpha value is -5.09. The maximum Gasteiger partial charge on any atom is 0.149 e. The predicted octanol–water partition coefficient (Wildman–Crippen LogP) is 11.6. The van der Waals surface area contributed by atoms with E-state index in [1.54, 1.807) is 6.07 Å². The van der Waals surface area contributed by atoms with Gasteiger partial charge >= 0.3 is 0 Å². The van der Waals surface area contributed by atoms with Crippen molar-refractivity contribution in [2.45, 2.75) is 47.5 Å². The van der Waals surface area contributed by atoms with Crippen LogP contribution >= 0.6 is 0 Å². The average Bonchev–Trinajstić information content (AvgIpc) is 3.46.